The molecular weight excluding hydrogens is 236 g/mol. The van der Waals surface area contributed by atoms with Crippen LogP contribution in [0.4, 0.5) is 0 Å². The Morgan fingerprint density at radius 3 is 2.84 bits per heavy atom. The van der Waals surface area contributed by atoms with E-state index in [9.17, 15) is 0 Å². The molecule has 19 heavy (non-hydrogen) atoms. The zero-order valence-corrected chi connectivity index (χ0v) is 11.7. The highest BCUT2D eigenvalue weighted by molar-refractivity contribution is 5.11. The van der Waals surface area contributed by atoms with Crippen LogP contribution in [0.1, 0.15) is 24.7 Å². The number of pyridine rings is 1. The molecule has 102 valence electrons. The Hall–Kier alpha value is -1.68. The van der Waals surface area contributed by atoms with E-state index in [0.29, 0.717) is 6.04 Å². The van der Waals surface area contributed by atoms with Gasteiger partial charge in [0.1, 0.15) is 5.82 Å². The van der Waals surface area contributed by atoms with Crippen molar-refractivity contribution >= 4 is 0 Å². The molecule has 0 aliphatic heterocycles. The minimum Gasteiger partial charge on any atom is -0.338 e. The molecule has 2 aromatic rings. The Morgan fingerprint density at radius 1 is 1.32 bits per heavy atom. The molecule has 2 heterocycles. The molecule has 0 aromatic carbocycles. The number of aryl methyl sites for hydroxylation is 1. The van der Waals surface area contributed by atoms with E-state index in [0.717, 1.165) is 31.6 Å². The quantitative estimate of drug-likeness (QED) is 0.825. The van der Waals surface area contributed by atoms with Gasteiger partial charge >= 0.3 is 0 Å². The minimum atomic E-state index is 0.408. The number of imidazole rings is 1. The van der Waals surface area contributed by atoms with Crippen molar-refractivity contribution in [1.29, 1.82) is 0 Å². The third-order valence-electron chi connectivity index (χ3n) is 3.24. The van der Waals surface area contributed by atoms with Gasteiger partial charge in [-0.25, -0.2) is 4.98 Å². The van der Waals surface area contributed by atoms with Crippen LogP contribution in [0.2, 0.25) is 0 Å². The van der Waals surface area contributed by atoms with E-state index in [4.69, 9.17) is 0 Å². The van der Waals surface area contributed by atoms with Gasteiger partial charge in [-0.05, 0) is 31.0 Å². The average molecular weight is 258 g/mol. The Balaban J connectivity index is 2.01. The van der Waals surface area contributed by atoms with Crippen molar-refractivity contribution in [1.82, 2.24) is 19.9 Å². The van der Waals surface area contributed by atoms with Gasteiger partial charge in [0.05, 0.1) is 0 Å². The lowest BCUT2D eigenvalue weighted by atomic mass is 10.0. The summed E-state index contributed by atoms with van der Waals surface area (Å²) < 4.78 is 2.09. The average Bonchev–Trinajstić information content (AvgIpc) is 2.83. The van der Waals surface area contributed by atoms with Gasteiger partial charge in [0.2, 0.25) is 0 Å². The molecule has 4 nitrogen and oxygen atoms in total. The number of nitrogens with one attached hydrogen (secondary N) is 1. The summed E-state index contributed by atoms with van der Waals surface area (Å²) in [6.07, 6.45) is 10.7. The lowest BCUT2D eigenvalue weighted by molar-refractivity contribution is 0.489. The zero-order chi connectivity index (χ0) is 13.5. The van der Waals surface area contributed by atoms with Crippen molar-refractivity contribution in [2.24, 2.45) is 7.05 Å². The second-order valence-corrected chi connectivity index (χ2v) is 4.87. The highest BCUT2D eigenvalue weighted by Gasteiger charge is 2.12. The van der Waals surface area contributed by atoms with Crippen LogP contribution >= 0.6 is 0 Å². The molecule has 0 saturated heterocycles. The standard InChI is InChI=1S/C15H22N4/c1-3-6-17-14(10-13-5-4-7-16-12-13)11-15-18-8-9-19(15)2/h4-5,7-9,12,14,17H,3,6,10-11H2,1-2H3. The van der Waals surface area contributed by atoms with Crippen molar-refractivity contribution in [3.63, 3.8) is 0 Å². The zero-order valence-electron chi connectivity index (χ0n) is 11.7. The molecule has 0 fully saturated rings. The van der Waals surface area contributed by atoms with Crippen molar-refractivity contribution in [2.45, 2.75) is 32.2 Å². The van der Waals surface area contributed by atoms with E-state index in [-0.39, 0.29) is 0 Å². The van der Waals surface area contributed by atoms with Gasteiger partial charge in [0.25, 0.3) is 0 Å². The van der Waals surface area contributed by atoms with E-state index in [1.165, 1.54) is 5.56 Å². The lowest BCUT2D eigenvalue weighted by Gasteiger charge is -2.18. The Bertz CT molecular complexity index is 478. The first-order valence-electron chi connectivity index (χ1n) is 6.88. The predicted octanol–water partition coefficient (Wildman–Crippen LogP) is 1.97. The second-order valence-electron chi connectivity index (χ2n) is 4.87. The molecule has 0 aliphatic carbocycles. The molecule has 0 bridgehead atoms. The third kappa shape index (κ3) is 4.17. The third-order valence-corrected chi connectivity index (χ3v) is 3.24. The van der Waals surface area contributed by atoms with E-state index >= 15 is 0 Å². The van der Waals surface area contributed by atoms with Gasteiger partial charge in [-0.3, -0.25) is 4.98 Å². The normalized spacial score (nSPS) is 12.5. The molecule has 1 N–H and O–H groups in total. The number of aromatic nitrogens is 3. The van der Waals surface area contributed by atoms with Crippen molar-refractivity contribution in [3.8, 4) is 0 Å². The van der Waals surface area contributed by atoms with Crippen molar-refractivity contribution in [2.75, 3.05) is 6.54 Å². The summed E-state index contributed by atoms with van der Waals surface area (Å²) in [5.41, 5.74) is 1.27. The highest BCUT2D eigenvalue weighted by atomic mass is 15.0. The first-order chi connectivity index (χ1) is 9.29. The van der Waals surface area contributed by atoms with Gasteiger partial charge in [-0.1, -0.05) is 13.0 Å². The molecule has 2 rings (SSSR count). The summed E-state index contributed by atoms with van der Waals surface area (Å²) >= 11 is 0. The molecule has 4 heteroatoms. The van der Waals surface area contributed by atoms with Gasteiger partial charge in [0, 0.05) is 44.3 Å². The van der Waals surface area contributed by atoms with Gasteiger partial charge in [-0.2, -0.15) is 0 Å². The maximum absolute atomic E-state index is 4.41. The lowest BCUT2D eigenvalue weighted by Crippen LogP contribution is -2.34. The summed E-state index contributed by atoms with van der Waals surface area (Å²) in [5, 5.41) is 3.60. The monoisotopic (exact) mass is 258 g/mol. The second kappa shape index (κ2) is 7.04. The van der Waals surface area contributed by atoms with E-state index in [2.05, 4.69) is 32.8 Å². The summed E-state index contributed by atoms with van der Waals surface area (Å²) in [6.45, 7) is 3.23. The molecule has 0 spiro atoms. The summed E-state index contributed by atoms with van der Waals surface area (Å²) in [4.78, 5) is 8.60. The molecule has 0 amide bonds. The smallest absolute Gasteiger partial charge is 0.109 e. The van der Waals surface area contributed by atoms with Crippen molar-refractivity contribution < 1.29 is 0 Å². The number of nitrogens with zero attached hydrogens (tertiary/aromatic N) is 3. The summed E-state index contributed by atoms with van der Waals surface area (Å²) in [7, 11) is 2.04. The first-order valence-corrected chi connectivity index (χ1v) is 6.88. The number of hydrogen-bond acceptors (Lipinski definition) is 3. The SMILES string of the molecule is CCCNC(Cc1cccnc1)Cc1nccn1C. The van der Waals surface area contributed by atoms with E-state index < -0.39 is 0 Å². The maximum Gasteiger partial charge on any atom is 0.109 e. The van der Waals surface area contributed by atoms with Crippen LogP contribution in [-0.2, 0) is 19.9 Å². The fourth-order valence-electron chi connectivity index (χ4n) is 2.18. The van der Waals surface area contributed by atoms with Crippen LogP contribution < -0.4 is 5.32 Å². The molecule has 1 atom stereocenters. The highest BCUT2D eigenvalue weighted by Crippen LogP contribution is 2.07. The van der Waals surface area contributed by atoms with Gasteiger partial charge in [-0.15, -0.1) is 0 Å². The van der Waals surface area contributed by atoms with Crippen molar-refractivity contribution in [3.05, 3.63) is 48.3 Å². The number of hydrogen-bond donors (Lipinski definition) is 1. The molecule has 0 aliphatic rings. The fourth-order valence-corrected chi connectivity index (χ4v) is 2.18. The molecule has 1 unspecified atom stereocenters. The van der Waals surface area contributed by atoms with Crippen LogP contribution in [-0.4, -0.2) is 27.1 Å². The Morgan fingerprint density at radius 2 is 2.21 bits per heavy atom. The van der Waals surface area contributed by atoms with Gasteiger partial charge < -0.3 is 9.88 Å². The fraction of sp³-hybridized carbons (Fsp3) is 0.467. The predicted molar refractivity (Wildman–Crippen MR) is 76.9 cm³/mol. The minimum absolute atomic E-state index is 0.408. The summed E-state index contributed by atoms with van der Waals surface area (Å²) in [6, 6.07) is 4.53. The molecule has 2 aromatic heterocycles. The summed E-state index contributed by atoms with van der Waals surface area (Å²) in [5.74, 6) is 1.12. The molecule has 0 radical (unpaired) electrons. The van der Waals surface area contributed by atoms with Crippen LogP contribution in [0.15, 0.2) is 36.9 Å². The first kappa shape index (κ1) is 13.7. The maximum atomic E-state index is 4.41. The molecular formula is C15H22N4. The Labute approximate surface area is 114 Å². The van der Waals surface area contributed by atoms with E-state index in [1.54, 1.807) is 0 Å². The van der Waals surface area contributed by atoms with Crippen LogP contribution in [0, 0.1) is 0 Å². The largest absolute Gasteiger partial charge is 0.338 e. The van der Waals surface area contributed by atoms with Gasteiger partial charge in [0.15, 0.2) is 0 Å². The molecule has 0 saturated carbocycles. The topological polar surface area (TPSA) is 42.7 Å². The number of rotatable bonds is 7. The van der Waals surface area contributed by atoms with Crippen LogP contribution in [0.3, 0.4) is 0 Å². The van der Waals surface area contributed by atoms with E-state index in [1.807, 2.05) is 37.9 Å². The Kier molecular flexibility index (Phi) is 5.10. The van der Waals surface area contributed by atoms with Crippen LogP contribution in [0.25, 0.3) is 0 Å². The van der Waals surface area contributed by atoms with Crippen LogP contribution in [0.5, 0.6) is 0 Å².